The molecule has 0 unspecified atom stereocenters. The lowest BCUT2D eigenvalue weighted by Crippen LogP contribution is -1.99. The number of hydrogen-bond acceptors (Lipinski definition) is 2. The maximum absolute atomic E-state index is 10.7. The van der Waals surface area contributed by atoms with E-state index in [-0.39, 0.29) is 0 Å². The first-order valence-corrected chi connectivity index (χ1v) is 8.14. The summed E-state index contributed by atoms with van der Waals surface area (Å²) in [6, 6.07) is 18.2. The molecule has 1 N–H and O–H groups in total. The summed E-state index contributed by atoms with van der Waals surface area (Å²) in [5.41, 5.74) is 4.67. The zero-order chi connectivity index (χ0) is 16.2. The van der Waals surface area contributed by atoms with Gasteiger partial charge in [-0.1, -0.05) is 61.4 Å². The van der Waals surface area contributed by atoms with Crippen molar-refractivity contribution in [2.45, 2.75) is 33.1 Å². The predicted octanol–water partition coefficient (Wildman–Crippen LogP) is 4.90. The van der Waals surface area contributed by atoms with Gasteiger partial charge in [0.05, 0.1) is 5.69 Å². The first kappa shape index (κ1) is 15.3. The largest absolute Gasteiger partial charge is 0.504 e. The Balaban J connectivity index is 2.15. The summed E-state index contributed by atoms with van der Waals surface area (Å²) in [7, 11) is 0. The van der Waals surface area contributed by atoms with Crippen molar-refractivity contribution in [3.05, 3.63) is 65.9 Å². The summed E-state index contributed by atoms with van der Waals surface area (Å²) in [6.45, 7) is 4.21. The normalized spacial score (nSPS) is 10.9. The highest BCUT2D eigenvalue weighted by Gasteiger charge is 2.19. The molecule has 0 radical (unpaired) electrons. The Bertz CT molecular complexity index is 773. The lowest BCUT2D eigenvalue weighted by Gasteiger charge is -2.08. The summed E-state index contributed by atoms with van der Waals surface area (Å²) >= 11 is 0. The molecule has 3 aromatic rings. The van der Waals surface area contributed by atoms with Crippen molar-refractivity contribution >= 4 is 0 Å². The second-order valence-corrected chi connectivity index (χ2v) is 5.86. The molecule has 3 heteroatoms. The molecule has 3 rings (SSSR count). The van der Waals surface area contributed by atoms with Crippen LogP contribution in [0.15, 0.2) is 54.6 Å². The van der Waals surface area contributed by atoms with Crippen LogP contribution in [0, 0.1) is 6.92 Å². The van der Waals surface area contributed by atoms with Gasteiger partial charge in [-0.3, -0.25) is 0 Å². The van der Waals surface area contributed by atoms with Crippen LogP contribution in [0.1, 0.15) is 31.0 Å². The fourth-order valence-electron chi connectivity index (χ4n) is 2.69. The molecule has 0 aliphatic rings. The van der Waals surface area contributed by atoms with E-state index in [9.17, 15) is 5.11 Å². The van der Waals surface area contributed by atoms with Gasteiger partial charge in [0.25, 0.3) is 0 Å². The summed E-state index contributed by atoms with van der Waals surface area (Å²) in [4.78, 5) is 0. The third-order valence-corrected chi connectivity index (χ3v) is 4.02. The van der Waals surface area contributed by atoms with Crippen molar-refractivity contribution in [2.75, 3.05) is 0 Å². The van der Waals surface area contributed by atoms with Crippen molar-refractivity contribution in [1.82, 2.24) is 9.78 Å². The molecule has 2 aromatic carbocycles. The quantitative estimate of drug-likeness (QED) is 0.728. The molecular formula is C20H22N2O. The molecule has 118 valence electrons. The number of hydrogen-bond donors (Lipinski definition) is 1. The van der Waals surface area contributed by atoms with E-state index in [1.807, 2.05) is 47.1 Å². The van der Waals surface area contributed by atoms with Gasteiger partial charge in [-0.25, -0.2) is 4.68 Å². The highest BCUT2D eigenvalue weighted by atomic mass is 16.3. The molecule has 0 saturated heterocycles. The van der Waals surface area contributed by atoms with Crippen molar-refractivity contribution in [1.29, 1.82) is 0 Å². The highest BCUT2D eigenvalue weighted by molar-refractivity contribution is 5.70. The van der Waals surface area contributed by atoms with Gasteiger partial charge in [0, 0.05) is 5.56 Å². The average molecular weight is 306 g/mol. The predicted molar refractivity (Wildman–Crippen MR) is 94.0 cm³/mol. The molecule has 0 amide bonds. The number of aromatic nitrogens is 2. The molecule has 1 heterocycles. The van der Waals surface area contributed by atoms with Crippen LogP contribution in [0.5, 0.6) is 5.75 Å². The first-order valence-electron chi connectivity index (χ1n) is 8.14. The summed E-state index contributed by atoms with van der Waals surface area (Å²) in [6.07, 6.45) is 2.89. The second kappa shape index (κ2) is 6.69. The van der Waals surface area contributed by atoms with E-state index in [2.05, 4.69) is 31.1 Å². The van der Waals surface area contributed by atoms with Gasteiger partial charge in [0.15, 0.2) is 5.75 Å². The second-order valence-electron chi connectivity index (χ2n) is 5.86. The number of aromatic hydroxyl groups is 1. The third-order valence-electron chi connectivity index (χ3n) is 4.02. The SMILES string of the molecule is CCCCc1nn(-c2ccccc2)c(-c2ccc(C)cc2)c1O. The Kier molecular flexibility index (Phi) is 4.47. The van der Waals surface area contributed by atoms with Crippen molar-refractivity contribution in [3.63, 3.8) is 0 Å². The molecule has 0 aliphatic heterocycles. The van der Waals surface area contributed by atoms with Crippen molar-refractivity contribution in [2.24, 2.45) is 0 Å². The lowest BCUT2D eigenvalue weighted by molar-refractivity contribution is 0.469. The number of para-hydroxylation sites is 1. The summed E-state index contributed by atoms with van der Waals surface area (Å²) in [5.74, 6) is 0.297. The minimum absolute atomic E-state index is 0.297. The Hall–Kier alpha value is -2.55. The van der Waals surface area contributed by atoms with Crippen molar-refractivity contribution in [3.8, 4) is 22.7 Å². The highest BCUT2D eigenvalue weighted by Crippen LogP contribution is 2.35. The van der Waals surface area contributed by atoms with Crippen LogP contribution < -0.4 is 0 Å². The van der Waals surface area contributed by atoms with Crippen LogP contribution in [0.4, 0.5) is 0 Å². The monoisotopic (exact) mass is 306 g/mol. The fraction of sp³-hybridized carbons (Fsp3) is 0.250. The summed E-state index contributed by atoms with van der Waals surface area (Å²) < 4.78 is 1.85. The minimum atomic E-state index is 0.297. The maximum atomic E-state index is 10.7. The van der Waals surface area contributed by atoms with Gasteiger partial charge in [-0.15, -0.1) is 0 Å². The van der Waals surface area contributed by atoms with E-state index >= 15 is 0 Å². The minimum Gasteiger partial charge on any atom is -0.504 e. The first-order chi connectivity index (χ1) is 11.2. The van der Waals surface area contributed by atoms with E-state index < -0.39 is 0 Å². The van der Waals surface area contributed by atoms with Gasteiger partial charge < -0.3 is 5.11 Å². The van der Waals surface area contributed by atoms with E-state index in [0.29, 0.717) is 5.75 Å². The van der Waals surface area contributed by atoms with Gasteiger partial charge in [-0.05, 0) is 31.9 Å². The van der Waals surface area contributed by atoms with Crippen molar-refractivity contribution < 1.29 is 5.11 Å². The fourth-order valence-corrected chi connectivity index (χ4v) is 2.69. The molecule has 0 atom stereocenters. The smallest absolute Gasteiger partial charge is 0.165 e. The van der Waals surface area contributed by atoms with Gasteiger partial charge in [0.1, 0.15) is 11.4 Å². The van der Waals surface area contributed by atoms with E-state index in [0.717, 1.165) is 41.9 Å². The van der Waals surface area contributed by atoms with Crippen LogP contribution in [0.25, 0.3) is 16.9 Å². The number of benzene rings is 2. The van der Waals surface area contributed by atoms with Gasteiger partial charge in [0.2, 0.25) is 0 Å². The van der Waals surface area contributed by atoms with Crippen LogP contribution >= 0.6 is 0 Å². The molecular weight excluding hydrogens is 284 g/mol. The van der Waals surface area contributed by atoms with Crippen LogP contribution in [0.3, 0.4) is 0 Å². The molecule has 0 spiro atoms. The Morgan fingerprint density at radius 1 is 1.00 bits per heavy atom. The maximum Gasteiger partial charge on any atom is 0.165 e. The number of nitrogens with zero attached hydrogens (tertiary/aromatic N) is 2. The Morgan fingerprint density at radius 2 is 1.70 bits per heavy atom. The number of aryl methyl sites for hydroxylation is 2. The van der Waals surface area contributed by atoms with E-state index in [1.165, 1.54) is 5.56 Å². The molecule has 0 saturated carbocycles. The van der Waals surface area contributed by atoms with E-state index in [1.54, 1.807) is 0 Å². The Labute approximate surface area is 137 Å². The molecule has 3 nitrogen and oxygen atoms in total. The van der Waals surface area contributed by atoms with Crippen LogP contribution in [-0.4, -0.2) is 14.9 Å². The molecule has 23 heavy (non-hydrogen) atoms. The average Bonchev–Trinajstić information content (AvgIpc) is 2.91. The molecule has 0 bridgehead atoms. The Morgan fingerprint density at radius 3 is 2.35 bits per heavy atom. The number of unbranched alkanes of at least 4 members (excludes halogenated alkanes) is 1. The van der Waals surface area contributed by atoms with Crippen LogP contribution in [-0.2, 0) is 6.42 Å². The molecule has 1 aromatic heterocycles. The standard InChI is InChI=1S/C20H22N2O/c1-3-4-10-18-20(23)19(16-13-11-15(2)12-14-16)22(21-18)17-8-6-5-7-9-17/h5-9,11-14,23H,3-4,10H2,1-2H3. The molecule has 0 fully saturated rings. The molecule has 0 aliphatic carbocycles. The zero-order valence-electron chi connectivity index (χ0n) is 13.7. The zero-order valence-corrected chi connectivity index (χ0v) is 13.7. The third kappa shape index (κ3) is 3.14. The summed E-state index contributed by atoms with van der Waals surface area (Å²) in [5, 5.41) is 15.4. The number of rotatable bonds is 5. The van der Waals surface area contributed by atoms with E-state index in [4.69, 9.17) is 0 Å². The topological polar surface area (TPSA) is 38.0 Å². The van der Waals surface area contributed by atoms with Crippen LogP contribution in [0.2, 0.25) is 0 Å². The lowest BCUT2D eigenvalue weighted by atomic mass is 10.1. The van der Waals surface area contributed by atoms with Gasteiger partial charge >= 0.3 is 0 Å². The van der Waals surface area contributed by atoms with Gasteiger partial charge in [-0.2, -0.15) is 5.10 Å².